The average Bonchev–Trinajstić information content (AvgIpc) is 3.34. The fourth-order valence-corrected chi connectivity index (χ4v) is 3.40. The van der Waals surface area contributed by atoms with Crippen molar-refractivity contribution in [2.75, 3.05) is 12.3 Å². The first-order chi connectivity index (χ1) is 15.1. The van der Waals surface area contributed by atoms with Crippen LogP contribution < -0.4 is 9.50 Å². The van der Waals surface area contributed by atoms with Gasteiger partial charge in [-0.05, 0) is 36.6 Å². The minimum Gasteiger partial charge on any atom is -0.508 e. The molecule has 3 rings (SSSR count). The maximum absolute atomic E-state index is 12.6. The van der Waals surface area contributed by atoms with E-state index < -0.39 is 16.0 Å². The molecule has 0 aliphatic heterocycles. The molecule has 3 N–H and O–H groups in total. The second-order valence-electron chi connectivity index (χ2n) is 7.14. The van der Waals surface area contributed by atoms with Gasteiger partial charge in [0, 0.05) is 12.6 Å². The van der Waals surface area contributed by atoms with E-state index in [9.17, 15) is 23.4 Å². The van der Waals surface area contributed by atoms with Gasteiger partial charge in [0.05, 0.1) is 17.4 Å². The van der Waals surface area contributed by atoms with Crippen molar-refractivity contribution in [2.45, 2.75) is 33.6 Å². The molecule has 0 aliphatic rings. The standard InChI is InChI=1S/C20H23N3O8S/c1-5-21-20(26)18-17(15-9-16(22-29-15)31-32(27,28)6-2)19(30-23-18)12-7-11(10(3)4)13(24)8-14(12)25/h7-10,24-25H,5-6H2,1-4H3,(H,21,26). The highest BCUT2D eigenvalue weighted by molar-refractivity contribution is 7.87. The smallest absolute Gasteiger partial charge is 0.310 e. The number of aromatic hydroxyl groups is 2. The van der Waals surface area contributed by atoms with Crippen molar-refractivity contribution in [3.63, 3.8) is 0 Å². The monoisotopic (exact) mass is 465 g/mol. The Kier molecular flexibility index (Phi) is 6.44. The van der Waals surface area contributed by atoms with Crippen LogP contribution in [0.15, 0.2) is 27.2 Å². The van der Waals surface area contributed by atoms with Crippen molar-refractivity contribution < 1.29 is 36.7 Å². The SMILES string of the molecule is CCNC(=O)c1noc(-c2cc(C(C)C)c(O)cc2O)c1-c1cc(OS(=O)(=O)CC)no1. The maximum atomic E-state index is 12.6. The lowest BCUT2D eigenvalue weighted by Crippen LogP contribution is -2.23. The van der Waals surface area contributed by atoms with Crippen LogP contribution in [0.25, 0.3) is 22.6 Å². The van der Waals surface area contributed by atoms with Gasteiger partial charge in [0.15, 0.2) is 17.2 Å². The van der Waals surface area contributed by atoms with Crippen molar-refractivity contribution >= 4 is 16.0 Å². The first-order valence-corrected chi connectivity index (χ1v) is 11.4. The molecule has 0 unspecified atom stereocenters. The van der Waals surface area contributed by atoms with E-state index >= 15 is 0 Å². The summed E-state index contributed by atoms with van der Waals surface area (Å²) >= 11 is 0. The van der Waals surface area contributed by atoms with E-state index in [0.29, 0.717) is 12.1 Å². The molecule has 0 atom stereocenters. The first kappa shape index (κ1) is 23.1. The highest BCUT2D eigenvalue weighted by atomic mass is 32.2. The molecule has 12 heteroatoms. The van der Waals surface area contributed by atoms with Crippen molar-refractivity contribution in [3.8, 4) is 40.0 Å². The highest BCUT2D eigenvalue weighted by Gasteiger charge is 2.30. The summed E-state index contributed by atoms with van der Waals surface area (Å²) < 4.78 is 38.9. The van der Waals surface area contributed by atoms with Gasteiger partial charge in [-0.2, -0.15) is 8.42 Å². The lowest BCUT2D eigenvalue weighted by molar-refractivity contribution is 0.0947. The number of nitrogens with zero attached hydrogens (tertiary/aromatic N) is 2. The molecule has 11 nitrogen and oxygen atoms in total. The number of aromatic nitrogens is 2. The predicted octanol–water partition coefficient (Wildman–Crippen LogP) is 3.01. The van der Waals surface area contributed by atoms with E-state index in [1.165, 1.54) is 19.1 Å². The zero-order valence-corrected chi connectivity index (χ0v) is 18.7. The van der Waals surface area contributed by atoms with E-state index in [1.54, 1.807) is 6.92 Å². The lowest BCUT2D eigenvalue weighted by atomic mass is 9.96. The van der Waals surface area contributed by atoms with Gasteiger partial charge in [-0.15, -0.1) is 0 Å². The van der Waals surface area contributed by atoms with Crippen LogP contribution in [-0.2, 0) is 10.1 Å². The molecular weight excluding hydrogens is 442 g/mol. The third kappa shape index (κ3) is 4.54. The Hall–Kier alpha value is -3.54. The van der Waals surface area contributed by atoms with Crippen molar-refractivity contribution in [1.82, 2.24) is 15.6 Å². The summed E-state index contributed by atoms with van der Waals surface area (Å²) in [5.74, 6) is -1.82. The Morgan fingerprint density at radius 1 is 1.12 bits per heavy atom. The Labute approximate surface area is 184 Å². The minimum absolute atomic E-state index is 0.0305. The summed E-state index contributed by atoms with van der Waals surface area (Å²) in [7, 11) is -3.86. The molecule has 3 aromatic rings. The first-order valence-electron chi connectivity index (χ1n) is 9.81. The van der Waals surface area contributed by atoms with Crippen LogP contribution in [0, 0.1) is 0 Å². The van der Waals surface area contributed by atoms with Crippen LogP contribution >= 0.6 is 0 Å². The number of hydrogen-bond donors (Lipinski definition) is 3. The number of nitrogens with one attached hydrogen (secondary N) is 1. The van der Waals surface area contributed by atoms with Gasteiger partial charge in [0.1, 0.15) is 17.1 Å². The van der Waals surface area contributed by atoms with Gasteiger partial charge < -0.3 is 28.8 Å². The molecule has 2 heterocycles. The Morgan fingerprint density at radius 2 is 1.84 bits per heavy atom. The third-order valence-electron chi connectivity index (χ3n) is 4.56. The molecule has 0 spiro atoms. The molecule has 0 aliphatic carbocycles. The zero-order chi connectivity index (χ0) is 23.6. The average molecular weight is 465 g/mol. The summed E-state index contributed by atoms with van der Waals surface area (Å²) in [6.45, 7) is 7.13. The van der Waals surface area contributed by atoms with Crippen molar-refractivity contribution in [2.24, 2.45) is 0 Å². The van der Waals surface area contributed by atoms with Crippen LogP contribution in [0.4, 0.5) is 0 Å². The molecule has 0 saturated heterocycles. The van der Waals surface area contributed by atoms with Gasteiger partial charge in [-0.25, -0.2) is 0 Å². The largest absolute Gasteiger partial charge is 0.508 e. The topological polar surface area (TPSA) is 165 Å². The molecule has 2 aromatic heterocycles. The lowest BCUT2D eigenvalue weighted by Gasteiger charge is -2.11. The van der Waals surface area contributed by atoms with Crippen LogP contribution in [0.2, 0.25) is 0 Å². The summed E-state index contributed by atoms with van der Waals surface area (Å²) in [5, 5.41) is 30.6. The van der Waals surface area contributed by atoms with Gasteiger partial charge in [-0.3, -0.25) is 4.79 Å². The highest BCUT2D eigenvalue weighted by Crippen LogP contribution is 2.43. The number of carbonyl (C=O) groups excluding carboxylic acids is 1. The number of hydrogen-bond acceptors (Lipinski definition) is 10. The molecule has 32 heavy (non-hydrogen) atoms. The van der Waals surface area contributed by atoms with E-state index in [4.69, 9.17) is 13.2 Å². The Morgan fingerprint density at radius 3 is 2.47 bits per heavy atom. The van der Waals surface area contributed by atoms with Gasteiger partial charge in [0.25, 0.3) is 11.8 Å². The van der Waals surface area contributed by atoms with Crippen molar-refractivity contribution in [3.05, 3.63) is 29.5 Å². The van der Waals surface area contributed by atoms with Gasteiger partial charge >= 0.3 is 10.1 Å². The molecule has 0 bridgehead atoms. The molecule has 172 valence electrons. The molecule has 0 saturated carbocycles. The number of benzene rings is 1. The fraction of sp³-hybridized carbons (Fsp3) is 0.350. The second kappa shape index (κ2) is 8.91. The quantitative estimate of drug-likeness (QED) is 0.421. The van der Waals surface area contributed by atoms with Crippen LogP contribution in [-0.4, -0.2) is 47.1 Å². The van der Waals surface area contributed by atoms with Gasteiger partial charge in [0.2, 0.25) is 0 Å². The van der Waals surface area contributed by atoms with Gasteiger partial charge in [-0.1, -0.05) is 19.0 Å². The van der Waals surface area contributed by atoms with E-state index in [1.807, 2.05) is 13.8 Å². The number of rotatable bonds is 8. The van der Waals surface area contributed by atoms with E-state index in [2.05, 4.69) is 15.6 Å². The second-order valence-corrected chi connectivity index (χ2v) is 9.00. The third-order valence-corrected chi connectivity index (χ3v) is 5.69. The predicted molar refractivity (Wildman–Crippen MR) is 113 cm³/mol. The minimum atomic E-state index is -3.86. The van der Waals surface area contributed by atoms with E-state index in [-0.39, 0.29) is 57.4 Å². The molecular formula is C20H23N3O8S. The van der Waals surface area contributed by atoms with Crippen LogP contribution in [0.3, 0.4) is 0 Å². The summed E-state index contributed by atoms with van der Waals surface area (Å²) in [6.07, 6.45) is 0. The number of phenols is 2. The normalized spacial score (nSPS) is 11.7. The zero-order valence-electron chi connectivity index (χ0n) is 17.9. The Balaban J connectivity index is 2.20. The summed E-state index contributed by atoms with van der Waals surface area (Å²) in [6, 6.07) is 3.84. The maximum Gasteiger partial charge on any atom is 0.310 e. The molecule has 0 fully saturated rings. The van der Waals surface area contributed by atoms with Crippen LogP contribution in [0.5, 0.6) is 17.4 Å². The molecule has 1 aromatic carbocycles. The van der Waals surface area contributed by atoms with E-state index in [0.717, 1.165) is 6.07 Å². The number of carbonyl (C=O) groups is 1. The Bertz CT molecular complexity index is 1240. The summed E-state index contributed by atoms with van der Waals surface area (Å²) in [4.78, 5) is 12.6. The van der Waals surface area contributed by atoms with Crippen molar-refractivity contribution in [1.29, 1.82) is 0 Å². The molecule has 1 amide bonds. The number of phenolic OH excluding ortho intramolecular Hbond substituents is 2. The number of amides is 1. The fourth-order valence-electron chi connectivity index (χ4n) is 2.95. The molecule has 0 radical (unpaired) electrons. The summed E-state index contributed by atoms with van der Waals surface area (Å²) in [5.41, 5.74) is 0.532. The van der Waals surface area contributed by atoms with Crippen LogP contribution in [0.1, 0.15) is 49.7 Å².